The minimum atomic E-state index is -0.155. The van der Waals surface area contributed by atoms with Crippen molar-refractivity contribution in [1.82, 2.24) is 9.80 Å². The van der Waals surface area contributed by atoms with Crippen molar-refractivity contribution in [3.05, 3.63) is 48.0 Å². The number of likely N-dealkylation sites (tertiary alicyclic amines) is 2. The molecule has 2 aliphatic rings. The lowest BCUT2D eigenvalue weighted by atomic mass is 10.1. The minimum Gasteiger partial charge on any atom is -0.369 e. The van der Waals surface area contributed by atoms with Crippen LogP contribution in [0, 0.1) is 6.92 Å². The molecule has 0 saturated carbocycles. The first-order valence-electron chi connectivity index (χ1n) is 8.46. The number of ether oxygens (including phenoxy) is 1. The summed E-state index contributed by atoms with van der Waals surface area (Å²) in [5, 5.41) is 0. The van der Waals surface area contributed by atoms with Crippen LogP contribution in [0.3, 0.4) is 0 Å². The van der Waals surface area contributed by atoms with E-state index in [-0.39, 0.29) is 24.0 Å². The van der Waals surface area contributed by atoms with Crippen molar-refractivity contribution in [2.75, 3.05) is 19.6 Å². The van der Waals surface area contributed by atoms with Gasteiger partial charge in [-0.2, -0.15) is 0 Å². The Morgan fingerprint density at radius 3 is 2.71 bits per heavy atom. The topological polar surface area (TPSA) is 49.9 Å². The summed E-state index contributed by atoms with van der Waals surface area (Å²) in [5.74, 6) is 0.0601. The summed E-state index contributed by atoms with van der Waals surface area (Å²) in [7, 11) is 0. The van der Waals surface area contributed by atoms with Crippen molar-refractivity contribution in [3.63, 3.8) is 0 Å². The molecule has 3 rings (SSSR count). The first-order valence-corrected chi connectivity index (χ1v) is 8.46. The van der Waals surface area contributed by atoms with Gasteiger partial charge in [0.2, 0.25) is 11.8 Å². The van der Waals surface area contributed by atoms with Gasteiger partial charge in [-0.3, -0.25) is 9.59 Å². The largest absolute Gasteiger partial charge is 0.369 e. The number of nitrogens with zero attached hydrogens (tertiary/aromatic N) is 2. The van der Waals surface area contributed by atoms with Gasteiger partial charge in [0.05, 0.1) is 18.8 Å². The third kappa shape index (κ3) is 3.51. The van der Waals surface area contributed by atoms with E-state index in [0.29, 0.717) is 26.1 Å². The van der Waals surface area contributed by atoms with Gasteiger partial charge in [0.1, 0.15) is 0 Å². The summed E-state index contributed by atoms with van der Waals surface area (Å²) in [4.78, 5) is 27.7. The van der Waals surface area contributed by atoms with E-state index in [1.54, 1.807) is 4.90 Å². The number of aryl methyl sites for hydroxylation is 1. The fourth-order valence-electron chi connectivity index (χ4n) is 3.44. The summed E-state index contributed by atoms with van der Waals surface area (Å²) < 4.78 is 6.11. The molecule has 2 aliphatic heterocycles. The van der Waals surface area contributed by atoms with Crippen LogP contribution in [0.4, 0.5) is 0 Å². The van der Waals surface area contributed by atoms with E-state index >= 15 is 0 Å². The Bertz CT molecular complexity index is 626. The molecule has 2 atom stereocenters. The number of benzene rings is 1. The second kappa shape index (κ2) is 7.18. The second-order valence-electron chi connectivity index (χ2n) is 6.54. The van der Waals surface area contributed by atoms with Crippen molar-refractivity contribution in [2.45, 2.75) is 38.5 Å². The van der Waals surface area contributed by atoms with Gasteiger partial charge in [-0.05, 0) is 25.0 Å². The van der Waals surface area contributed by atoms with Crippen molar-refractivity contribution in [2.24, 2.45) is 0 Å². The highest BCUT2D eigenvalue weighted by atomic mass is 16.5. The van der Waals surface area contributed by atoms with Gasteiger partial charge in [0, 0.05) is 26.1 Å². The molecule has 2 amide bonds. The van der Waals surface area contributed by atoms with Crippen LogP contribution < -0.4 is 0 Å². The second-order valence-corrected chi connectivity index (χ2v) is 6.54. The van der Waals surface area contributed by atoms with E-state index < -0.39 is 0 Å². The highest BCUT2D eigenvalue weighted by Gasteiger charge is 2.41. The highest BCUT2D eigenvalue weighted by Crippen LogP contribution is 2.25. The fraction of sp³-hybridized carbons (Fsp3) is 0.474. The number of hydrogen-bond acceptors (Lipinski definition) is 3. The molecule has 2 saturated heterocycles. The molecule has 0 radical (unpaired) electrons. The zero-order chi connectivity index (χ0) is 17.1. The van der Waals surface area contributed by atoms with Crippen LogP contribution in [-0.4, -0.2) is 53.4 Å². The normalized spacial score (nSPS) is 23.8. The quantitative estimate of drug-likeness (QED) is 0.776. The predicted molar refractivity (Wildman–Crippen MR) is 91.3 cm³/mol. The minimum absolute atomic E-state index is 0.0608. The summed E-state index contributed by atoms with van der Waals surface area (Å²) in [5.41, 5.74) is 2.31. The standard InChI is InChI=1S/C19H24N2O3/c1-3-18(22)20-11-16(21-10-4-5-19(21)23)17(12-20)24-13-15-8-6-14(2)7-9-15/h3,6-9,16-17H,1,4-5,10-13H2,2H3/t16-,17-/m1/s1. The summed E-state index contributed by atoms with van der Waals surface area (Å²) in [6, 6.07) is 8.15. The Hall–Kier alpha value is -2.14. The number of amides is 2. The van der Waals surface area contributed by atoms with Crippen LogP contribution in [0.25, 0.3) is 0 Å². The lowest BCUT2D eigenvalue weighted by Crippen LogP contribution is -2.45. The van der Waals surface area contributed by atoms with Gasteiger partial charge < -0.3 is 14.5 Å². The van der Waals surface area contributed by atoms with E-state index in [1.165, 1.54) is 11.6 Å². The van der Waals surface area contributed by atoms with E-state index in [4.69, 9.17) is 4.74 Å². The average molecular weight is 328 g/mol. The fourth-order valence-corrected chi connectivity index (χ4v) is 3.44. The molecule has 24 heavy (non-hydrogen) atoms. The van der Waals surface area contributed by atoms with Crippen molar-refractivity contribution < 1.29 is 14.3 Å². The van der Waals surface area contributed by atoms with Gasteiger partial charge in [0.15, 0.2) is 0 Å². The van der Waals surface area contributed by atoms with Crippen molar-refractivity contribution in [3.8, 4) is 0 Å². The lowest BCUT2D eigenvalue weighted by molar-refractivity contribution is -0.132. The SMILES string of the molecule is C=CC(=O)N1C[C@@H](N2CCCC2=O)[C@H](OCc2ccc(C)cc2)C1. The maximum Gasteiger partial charge on any atom is 0.246 e. The third-order valence-corrected chi connectivity index (χ3v) is 4.82. The van der Waals surface area contributed by atoms with Crippen molar-refractivity contribution >= 4 is 11.8 Å². The maximum absolute atomic E-state index is 12.1. The molecule has 1 aromatic rings. The van der Waals surface area contributed by atoms with Crippen LogP contribution in [0.1, 0.15) is 24.0 Å². The molecule has 5 heteroatoms. The predicted octanol–water partition coefficient (Wildman–Crippen LogP) is 1.90. The zero-order valence-corrected chi connectivity index (χ0v) is 14.1. The van der Waals surface area contributed by atoms with Gasteiger partial charge >= 0.3 is 0 Å². The van der Waals surface area contributed by atoms with Crippen LogP contribution >= 0.6 is 0 Å². The molecule has 0 aromatic heterocycles. The van der Waals surface area contributed by atoms with E-state index in [0.717, 1.165) is 18.5 Å². The van der Waals surface area contributed by atoms with Gasteiger partial charge in [-0.1, -0.05) is 36.4 Å². The Labute approximate surface area is 142 Å². The molecule has 2 fully saturated rings. The number of rotatable bonds is 5. The van der Waals surface area contributed by atoms with Crippen LogP contribution in [0.5, 0.6) is 0 Å². The van der Waals surface area contributed by atoms with Gasteiger partial charge in [-0.25, -0.2) is 0 Å². The molecule has 5 nitrogen and oxygen atoms in total. The molecule has 2 heterocycles. The third-order valence-electron chi connectivity index (χ3n) is 4.82. The zero-order valence-electron chi connectivity index (χ0n) is 14.1. The summed E-state index contributed by atoms with van der Waals surface area (Å²) >= 11 is 0. The maximum atomic E-state index is 12.1. The Morgan fingerprint density at radius 1 is 1.33 bits per heavy atom. The monoisotopic (exact) mass is 328 g/mol. The molecule has 0 aliphatic carbocycles. The van der Waals surface area contributed by atoms with Crippen LogP contribution in [0.15, 0.2) is 36.9 Å². The lowest BCUT2D eigenvalue weighted by Gasteiger charge is -2.28. The van der Waals surface area contributed by atoms with Crippen LogP contribution in [-0.2, 0) is 20.9 Å². The number of hydrogen-bond donors (Lipinski definition) is 0. The molecular weight excluding hydrogens is 304 g/mol. The molecule has 0 spiro atoms. The first kappa shape index (κ1) is 16.7. The number of carbonyl (C=O) groups excluding carboxylic acids is 2. The molecule has 0 unspecified atom stereocenters. The summed E-state index contributed by atoms with van der Waals surface area (Å²) in [6.07, 6.45) is 2.65. The van der Waals surface area contributed by atoms with Gasteiger partial charge in [0.25, 0.3) is 0 Å². The van der Waals surface area contributed by atoms with E-state index in [2.05, 4.69) is 25.6 Å². The Balaban J connectivity index is 1.69. The molecular formula is C19H24N2O3. The average Bonchev–Trinajstić information content (AvgIpc) is 3.19. The Kier molecular flexibility index (Phi) is 5.00. The van der Waals surface area contributed by atoms with Gasteiger partial charge in [-0.15, -0.1) is 0 Å². The van der Waals surface area contributed by atoms with Crippen molar-refractivity contribution in [1.29, 1.82) is 0 Å². The smallest absolute Gasteiger partial charge is 0.246 e. The molecule has 1 aromatic carbocycles. The Morgan fingerprint density at radius 2 is 2.08 bits per heavy atom. The molecule has 0 N–H and O–H groups in total. The molecule has 0 bridgehead atoms. The highest BCUT2D eigenvalue weighted by molar-refractivity contribution is 5.87. The summed E-state index contributed by atoms with van der Waals surface area (Å²) in [6.45, 7) is 7.88. The van der Waals surface area contributed by atoms with Crippen LogP contribution in [0.2, 0.25) is 0 Å². The molecule has 128 valence electrons. The van der Waals surface area contributed by atoms with E-state index in [9.17, 15) is 9.59 Å². The first-order chi connectivity index (χ1) is 11.6. The number of carbonyl (C=O) groups is 2. The van der Waals surface area contributed by atoms with E-state index in [1.807, 2.05) is 17.0 Å².